The van der Waals surface area contributed by atoms with E-state index >= 15 is 0 Å². The van der Waals surface area contributed by atoms with Gasteiger partial charge in [0.15, 0.2) is 0 Å². The zero-order chi connectivity index (χ0) is 10.8. The van der Waals surface area contributed by atoms with E-state index in [1.54, 1.807) is 16.2 Å². The minimum absolute atomic E-state index is 0.0456. The van der Waals surface area contributed by atoms with Crippen molar-refractivity contribution >= 4 is 39.0 Å². The number of nitrogens with zero attached hydrogens (tertiary/aromatic N) is 1. The molecule has 2 heterocycles. The van der Waals surface area contributed by atoms with Crippen molar-refractivity contribution in [2.24, 2.45) is 0 Å². The molecule has 1 aromatic rings. The maximum Gasteiger partial charge on any atom is 0.230 e. The number of amides is 1. The predicted molar refractivity (Wildman–Crippen MR) is 61.7 cm³/mol. The minimum Gasteiger partial charge on any atom is -0.337 e. The van der Waals surface area contributed by atoms with E-state index in [1.165, 1.54) is 0 Å². The fourth-order valence-electron chi connectivity index (χ4n) is 1.55. The highest BCUT2D eigenvalue weighted by Crippen LogP contribution is 2.22. The molecule has 0 bridgehead atoms. The van der Waals surface area contributed by atoms with Crippen LogP contribution in [-0.2, 0) is 16.1 Å². The van der Waals surface area contributed by atoms with Gasteiger partial charge in [-0.15, -0.1) is 11.3 Å². The largest absolute Gasteiger partial charge is 0.337 e. The van der Waals surface area contributed by atoms with Crippen molar-refractivity contribution in [3.63, 3.8) is 0 Å². The van der Waals surface area contributed by atoms with E-state index in [0.29, 0.717) is 19.5 Å². The summed E-state index contributed by atoms with van der Waals surface area (Å²) in [5, 5.41) is 1.99. The second kappa shape index (κ2) is 4.45. The van der Waals surface area contributed by atoms with Gasteiger partial charge in [0, 0.05) is 27.7 Å². The van der Waals surface area contributed by atoms with E-state index in [1.807, 2.05) is 11.4 Å². The fraction of sp³-hybridized carbons (Fsp3) is 0.400. The van der Waals surface area contributed by atoms with Crippen LogP contribution in [0.1, 0.15) is 17.7 Å². The van der Waals surface area contributed by atoms with Crippen molar-refractivity contribution in [2.45, 2.75) is 19.4 Å². The van der Waals surface area contributed by atoms with Crippen molar-refractivity contribution in [2.75, 3.05) is 6.54 Å². The van der Waals surface area contributed by atoms with Crippen molar-refractivity contribution in [1.82, 2.24) is 4.90 Å². The van der Waals surface area contributed by atoms with Gasteiger partial charge in [0.2, 0.25) is 5.91 Å². The standard InChI is InChI=1S/C10H10BrNO2S/c11-7-3-9(15-6-7)5-12-2-1-8(13)4-10(12)14/h3,6H,1-2,4-5H2. The van der Waals surface area contributed by atoms with Crippen molar-refractivity contribution < 1.29 is 9.59 Å². The molecule has 1 fully saturated rings. The lowest BCUT2D eigenvalue weighted by Crippen LogP contribution is -2.38. The van der Waals surface area contributed by atoms with E-state index < -0.39 is 0 Å². The van der Waals surface area contributed by atoms with Crippen molar-refractivity contribution in [1.29, 1.82) is 0 Å². The highest BCUT2D eigenvalue weighted by atomic mass is 79.9. The molecule has 1 aliphatic rings. The van der Waals surface area contributed by atoms with Crippen LogP contribution in [0.3, 0.4) is 0 Å². The number of hydrogen-bond donors (Lipinski definition) is 0. The Balaban J connectivity index is 2.00. The van der Waals surface area contributed by atoms with E-state index in [4.69, 9.17) is 0 Å². The Hall–Kier alpha value is -0.680. The summed E-state index contributed by atoms with van der Waals surface area (Å²) in [6.45, 7) is 1.19. The third kappa shape index (κ3) is 2.66. The number of thiophene rings is 1. The van der Waals surface area contributed by atoms with E-state index in [0.717, 1.165) is 9.35 Å². The van der Waals surface area contributed by atoms with E-state index in [2.05, 4.69) is 15.9 Å². The first-order valence-electron chi connectivity index (χ1n) is 4.67. The molecule has 0 atom stereocenters. The van der Waals surface area contributed by atoms with Crippen LogP contribution in [0.5, 0.6) is 0 Å². The number of carbonyl (C=O) groups excluding carboxylic acids is 2. The number of Topliss-reactive ketones (excluding diaryl/α,β-unsaturated/α-hetero) is 1. The maximum atomic E-state index is 11.5. The maximum absolute atomic E-state index is 11.5. The molecule has 80 valence electrons. The third-order valence-electron chi connectivity index (χ3n) is 2.33. The highest BCUT2D eigenvalue weighted by Gasteiger charge is 2.23. The molecule has 2 rings (SSSR count). The van der Waals surface area contributed by atoms with Crippen molar-refractivity contribution in [3.8, 4) is 0 Å². The Bertz CT molecular complexity index is 402. The SMILES string of the molecule is O=C1CCN(Cc2cc(Br)cs2)C(=O)C1. The Morgan fingerprint density at radius 1 is 1.47 bits per heavy atom. The van der Waals surface area contributed by atoms with Crippen LogP contribution in [-0.4, -0.2) is 23.1 Å². The Kier molecular flexibility index (Phi) is 3.21. The first-order chi connectivity index (χ1) is 7.15. The van der Waals surface area contributed by atoms with Gasteiger partial charge in [0.25, 0.3) is 0 Å². The monoisotopic (exact) mass is 287 g/mol. The van der Waals surface area contributed by atoms with Gasteiger partial charge in [0.1, 0.15) is 5.78 Å². The van der Waals surface area contributed by atoms with Crippen LogP contribution in [0.4, 0.5) is 0 Å². The lowest BCUT2D eigenvalue weighted by Gasteiger charge is -2.25. The van der Waals surface area contributed by atoms with Crippen LogP contribution in [0.25, 0.3) is 0 Å². The molecule has 0 N–H and O–H groups in total. The summed E-state index contributed by atoms with van der Waals surface area (Å²) >= 11 is 4.99. The number of carbonyl (C=O) groups is 2. The summed E-state index contributed by atoms with van der Waals surface area (Å²) in [5.74, 6) is 0.0133. The summed E-state index contributed by atoms with van der Waals surface area (Å²) < 4.78 is 1.04. The number of rotatable bonds is 2. The summed E-state index contributed by atoms with van der Waals surface area (Å²) in [5.41, 5.74) is 0. The summed E-state index contributed by atoms with van der Waals surface area (Å²) in [7, 11) is 0. The first kappa shape index (κ1) is 10.8. The summed E-state index contributed by atoms with van der Waals surface area (Å²) in [6.07, 6.45) is 0.574. The third-order valence-corrected chi connectivity index (χ3v) is 4.01. The van der Waals surface area contributed by atoms with Gasteiger partial charge in [-0.3, -0.25) is 9.59 Å². The number of halogens is 1. The van der Waals surface area contributed by atoms with Crippen LogP contribution in [0.15, 0.2) is 15.9 Å². The molecule has 0 spiro atoms. The predicted octanol–water partition coefficient (Wildman–Crippen LogP) is 2.20. The lowest BCUT2D eigenvalue weighted by molar-refractivity contribution is -0.139. The van der Waals surface area contributed by atoms with Crippen LogP contribution in [0.2, 0.25) is 0 Å². The van der Waals surface area contributed by atoms with Gasteiger partial charge in [-0.1, -0.05) is 0 Å². The highest BCUT2D eigenvalue weighted by molar-refractivity contribution is 9.10. The molecule has 0 radical (unpaired) electrons. The smallest absolute Gasteiger partial charge is 0.230 e. The molecule has 0 aromatic carbocycles. The second-order valence-corrected chi connectivity index (χ2v) is 5.42. The molecule has 0 unspecified atom stereocenters. The molecule has 1 aromatic heterocycles. The molecular formula is C10H10BrNO2S. The van der Waals surface area contributed by atoms with Gasteiger partial charge in [0.05, 0.1) is 13.0 Å². The Morgan fingerprint density at radius 3 is 2.87 bits per heavy atom. The number of hydrogen-bond acceptors (Lipinski definition) is 3. The molecule has 1 aliphatic heterocycles. The average Bonchev–Trinajstić information content (AvgIpc) is 2.56. The average molecular weight is 288 g/mol. The quantitative estimate of drug-likeness (QED) is 0.782. The van der Waals surface area contributed by atoms with Crippen LogP contribution in [0, 0.1) is 0 Å². The fourth-order valence-corrected chi connectivity index (χ4v) is 3.01. The first-order valence-corrected chi connectivity index (χ1v) is 6.35. The number of piperidine rings is 1. The number of ketones is 1. The normalized spacial score (nSPS) is 17.3. The molecule has 0 aliphatic carbocycles. The number of likely N-dealkylation sites (tertiary alicyclic amines) is 1. The molecule has 5 heteroatoms. The topological polar surface area (TPSA) is 37.4 Å². The summed E-state index contributed by atoms with van der Waals surface area (Å²) in [6, 6.07) is 2.01. The molecule has 1 amide bonds. The van der Waals surface area contributed by atoms with Gasteiger partial charge >= 0.3 is 0 Å². The van der Waals surface area contributed by atoms with Crippen LogP contribution < -0.4 is 0 Å². The summed E-state index contributed by atoms with van der Waals surface area (Å²) in [4.78, 5) is 25.4. The van der Waals surface area contributed by atoms with Gasteiger partial charge in [-0.05, 0) is 22.0 Å². The van der Waals surface area contributed by atoms with Crippen LogP contribution >= 0.6 is 27.3 Å². The molecule has 1 saturated heterocycles. The lowest BCUT2D eigenvalue weighted by atomic mass is 10.1. The van der Waals surface area contributed by atoms with Gasteiger partial charge in [-0.25, -0.2) is 0 Å². The van der Waals surface area contributed by atoms with Crippen molar-refractivity contribution in [3.05, 3.63) is 20.8 Å². The second-order valence-electron chi connectivity index (χ2n) is 3.51. The van der Waals surface area contributed by atoms with E-state index in [-0.39, 0.29) is 18.1 Å². The zero-order valence-electron chi connectivity index (χ0n) is 8.03. The molecule has 3 nitrogen and oxygen atoms in total. The molecular weight excluding hydrogens is 278 g/mol. The van der Waals surface area contributed by atoms with E-state index in [9.17, 15) is 9.59 Å². The van der Waals surface area contributed by atoms with Gasteiger partial charge in [-0.2, -0.15) is 0 Å². The minimum atomic E-state index is -0.0456. The Morgan fingerprint density at radius 2 is 2.27 bits per heavy atom. The molecule has 0 saturated carbocycles. The zero-order valence-corrected chi connectivity index (χ0v) is 10.4. The van der Waals surface area contributed by atoms with Gasteiger partial charge < -0.3 is 4.90 Å². The Labute approximate surface area is 100 Å². The molecule has 15 heavy (non-hydrogen) atoms.